The van der Waals surface area contributed by atoms with Crippen LogP contribution in [0.2, 0.25) is 0 Å². The third-order valence-electron chi connectivity index (χ3n) is 4.54. The van der Waals surface area contributed by atoms with Gasteiger partial charge >= 0.3 is 11.9 Å². The van der Waals surface area contributed by atoms with Gasteiger partial charge in [0.05, 0.1) is 14.2 Å². The highest BCUT2D eigenvalue weighted by Crippen LogP contribution is 2.25. The van der Waals surface area contributed by atoms with Crippen molar-refractivity contribution in [3.8, 4) is 0 Å². The number of primary amides is 1. The van der Waals surface area contributed by atoms with Crippen LogP contribution in [0.3, 0.4) is 0 Å². The van der Waals surface area contributed by atoms with Gasteiger partial charge in [0.15, 0.2) is 5.92 Å². The van der Waals surface area contributed by atoms with Gasteiger partial charge in [-0.05, 0) is 12.8 Å². The van der Waals surface area contributed by atoms with Crippen LogP contribution in [0.4, 0.5) is 0 Å². The van der Waals surface area contributed by atoms with Crippen molar-refractivity contribution in [3.63, 3.8) is 0 Å². The summed E-state index contributed by atoms with van der Waals surface area (Å²) in [6.45, 7) is 1.48. The van der Waals surface area contributed by atoms with Crippen LogP contribution in [0, 0.1) is 17.8 Å². The fourth-order valence-corrected chi connectivity index (χ4v) is 3.07. The highest BCUT2D eigenvalue weighted by atomic mass is 16.5. The second-order valence-electron chi connectivity index (χ2n) is 6.11. The van der Waals surface area contributed by atoms with E-state index in [0.29, 0.717) is 0 Å². The molecule has 1 rings (SSSR count). The van der Waals surface area contributed by atoms with Gasteiger partial charge in [-0.25, -0.2) is 0 Å². The number of ether oxygens (including phenoxy) is 2. The maximum absolute atomic E-state index is 12.4. The van der Waals surface area contributed by atoms with Crippen LogP contribution in [0.5, 0.6) is 0 Å². The highest BCUT2D eigenvalue weighted by Gasteiger charge is 2.41. The number of hydrogen-bond acceptors (Lipinski definition) is 6. The first-order chi connectivity index (χ1) is 11.3. The topological polar surface area (TPSA) is 125 Å². The van der Waals surface area contributed by atoms with Gasteiger partial charge in [-0.3, -0.25) is 19.2 Å². The van der Waals surface area contributed by atoms with Crippen LogP contribution < -0.4 is 11.1 Å². The van der Waals surface area contributed by atoms with Gasteiger partial charge in [-0.2, -0.15) is 0 Å². The first kappa shape index (κ1) is 19.9. The van der Waals surface area contributed by atoms with Crippen LogP contribution in [-0.2, 0) is 28.7 Å². The fraction of sp³-hybridized carbons (Fsp3) is 0.750. The van der Waals surface area contributed by atoms with Gasteiger partial charge < -0.3 is 20.5 Å². The molecule has 0 spiro atoms. The summed E-state index contributed by atoms with van der Waals surface area (Å²) in [6.07, 6.45) is 4.52. The fourth-order valence-electron chi connectivity index (χ4n) is 3.07. The van der Waals surface area contributed by atoms with Crippen LogP contribution in [-0.4, -0.2) is 44.0 Å². The molecule has 8 heteroatoms. The molecule has 136 valence electrons. The van der Waals surface area contributed by atoms with E-state index in [1.54, 1.807) is 0 Å². The summed E-state index contributed by atoms with van der Waals surface area (Å²) in [6, 6.07) is -1.16. The van der Waals surface area contributed by atoms with Gasteiger partial charge in [0, 0.05) is 11.8 Å². The van der Waals surface area contributed by atoms with E-state index in [4.69, 9.17) is 5.73 Å². The van der Waals surface area contributed by atoms with Crippen LogP contribution >= 0.6 is 0 Å². The Balaban J connectivity index is 2.91. The molecule has 2 amide bonds. The molecule has 0 radical (unpaired) electrons. The van der Waals surface area contributed by atoms with Crippen molar-refractivity contribution in [1.82, 2.24) is 5.32 Å². The lowest BCUT2D eigenvalue weighted by molar-refractivity contribution is -0.162. The second kappa shape index (κ2) is 9.24. The number of methoxy groups -OCH3 is 2. The molecule has 0 unspecified atom stereocenters. The van der Waals surface area contributed by atoms with Crippen LogP contribution in [0.25, 0.3) is 0 Å². The summed E-state index contributed by atoms with van der Waals surface area (Å²) in [5, 5.41) is 2.60. The summed E-state index contributed by atoms with van der Waals surface area (Å²) >= 11 is 0. The summed E-state index contributed by atoms with van der Waals surface area (Å²) in [5.41, 5.74) is 5.38. The van der Waals surface area contributed by atoms with Gasteiger partial charge in [-0.1, -0.05) is 26.2 Å². The molecular formula is C16H26N2O6. The van der Waals surface area contributed by atoms with Crippen LogP contribution in [0.1, 0.15) is 39.0 Å². The van der Waals surface area contributed by atoms with Gasteiger partial charge in [0.1, 0.15) is 6.04 Å². The molecule has 3 N–H and O–H groups in total. The Morgan fingerprint density at radius 3 is 1.92 bits per heavy atom. The first-order valence-electron chi connectivity index (χ1n) is 8.08. The molecule has 0 bridgehead atoms. The minimum absolute atomic E-state index is 0.178. The molecule has 1 aliphatic rings. The minimum Gasteiger partial charge on any atom is -0.468 e. The van der Waals surface area contributed by atoms with E-state index in [9.17, 15) is 19.2 Å². The van der Waals surface area contributed by atoms with Crippen LogP contribution in [0.15, 0.2) is 0 Å². The summed E-state index contributed by atoms with van der Waals surface area (Å²) < 4.78 is 9.21. The molecule has 1 fully saturated rings. The Morgan fingerprint density at radius 1 is 1.00 bits per heavy atom. The quantitative estimate of drug-likeness (QED) is 0.501. The largest absolute Gasteiger partial charge is 0.468 e. The smallest absolute Gasteiger partial charge is 0.320 e. The Kier molecular flexibility index (Phi) is 7.67. The first-order valence-corrected chi connectivity index (χ1v) is 8.08. The summed E-state index contributed by atoms with van der Waals surface area (Å²) in [4.78, 5) is 47.9. The third-order valence-corrected chi connectivity index (χ3v) is 4.54. The number of hydrogen-bond donors (Lipinski definition) is 2. The number of nitrogens with two attached hydrogens (primary N) is 1. The molecule has 24 heavy (non-hydrogen) atoms. The van der Waals surface area contributed by atoms with E-state index in [2.05, 4.69) is 14.8 Å². The minimum atomic E-state index is -1.34. The Labute approximate surface area is 141 Å². The van der Waals surface area contributed by atoms with Gasteiger partial charge in [-0.15, -0.1) is 0 Å². The van der Waals surface area contributed by atoms with E-state index in [1.165, 1.54) is 6.92 Å². The molecular weight excluding hydrogens is 316 g/mol. The summed E-state index contributed by atoms with van der Waals surface area (Å²) in [5.74, 6) is -5.19. The normalized spacial score (nSPS) is 17.7. The van der Waals surface area contributed by atoms with Gasteiger partial charge in [0.2, 0.25) is 11.8 Å². The molecule has 1 saturated carbocycles. The molecule has 0 aromatic carbocycles. The average Bonchev–Trinajstić information content (AvgIpc) is 2.59. The van der Waals surface area contributed by atoms with Crippen molar-refractivity contribution in [3.05, 3.63) is 0 Å². The SMILES string of the molecule is COC(=O)C(C(=O)OC)[C@@H](C)[C@@H](NC(=O)C1CCCCC1)C(N)=O. The lowest BCUT2D eigenvalue weighted by Gasteiger charge is -2.29. The number of nitrogens with one attached hydrogen (secondary N) is 1. The van der Waals surface area contributed by atoms with Crippen molar-refractivity contribution in [2.75, 3.05) is 14.2 Å². The van der Waals surface area contributed by atoms with Crippen molar-refractivity contribution >= 4 is 23.8 Å². The molecule has 0 aromatic heterocycles. The lowest BCUT2D eigenvalue weighted by Crippen LogP contribution is -2.54. The standard InChI is InChI=1S/C16H26N2O6/c1-9(11(15(21)23-2)16(22)24-3)12(13(17)19)18-14(20)10-7-5-4-6-8-10/h9-12H,4-8H2,1-3H3,(H2,17,19)(H,18,20)/t9-,12-/m1/s1. The predicted octanol–water partition coefficient (Wildman–Crippen LogP) is 0.135. The zero-order valence-electron chi connectivity index (χ0n) is 14.4. The Morgan fingerprint density at radius 2 is 1.50 bits per heavy atom. The van der Waals surface area contributed by atoms with E-state index in [1.807, 2.05) is 0 Å². The molecule has 0 heterocycles. The van der Waals surface area contributed by atoms with Crippen molar-refractivity contribution < 1.29 is 28.7 Å². The zero-order chi connectivity index (χ0) is 18.3. The van der Waals surface area contributed by atoms with E-state index in [-0.39, 0.29) is 11.8 Å². The predicted molar refractivity (Wildman–Crippen MR) is 84.4 cm³/mol. The number of esters is 2. The molecule has 8 nitrogen and oxygen atoms in total. The highest BCUT2D eigenvalue weighted by molar-refractivity contribution is 5.97. The number of carbonyl (C=O) groups is 4. The molecule has 2 atom stereocenters. The molecule has 0 aliphatic heterocycles. The second-order valence-corrected chi connectivity index (χ2v) is 6.11. The monoisotopic (exact) mass is 342 g/mol. The van der Waals surface area contributed by atoms with E-state index in [0.717, 1.165) is 46.3 Å². The molecule has 0 saturated heterocycles. The van der Waals surface area contributed by atoms with E-state index >= 15 is 0 Å². The molecule has 1 aliphatic carbocycles. The van der Waals surface area contributed by atoms with Crippen molar-refractivity contribution in [1.29, 1.82) is 0 Å². The maximum Gasteiger partial charge on any atom is 0.320 e. The zero-order valence-corrected chi connectivity index (χ0v) is 14.4. The summed E-state index contributed by atoms with van der Waals surface area (Å²) in [7, 11) is 2.26. The van der Waals surface area contributed by atoms with Crippen molar-refractivity contribution in [2.45, 2.75) is 45.1 Å². The Hall–Kier alpha value is -2.12. The number of rotatable bonds is 7. The van der Waals surface area contributed by atoms with Crippen molar-refractivity contribution in [2.24, 2.45) is 23.5 Å². The van der Waals surface area contributed by atoms with Gasteiger partial charge in [0.25, 0.3) is 0 Å². The third kappa shape index (κ3) is 4.94. The lowest BCUT2D eigenvalue weighted by atomic mass is 9.85. The average molecular weight is 342 g/mol. The Bertz CT molecular complexity index is 471. The van der Waals surface area contributed by atoms with E-state index < -0.39 is 35.7 Å². The maximum atomic E-state index is 12.4. The number of carbonyl (C=O) groups excluding carboxylic acids is 4. The number of amides is 2. The molecule has 0 aromatic rings.